The number of ether oxygens (including phenoxy) is 1. The summed E-state index contributed by atoms with van der Waals surface area (Å²) in [6, 6.07) is 13.9. The Morgan fingerprint density at radius 3 is 2.29 bits per heavy atom. The molecule has 0 unspecified atom stereocenters. The van der Waals surface area contributed by atoms with Crippen molar-refractivity contribution in [1.82, 2.24) is 15.5 Å². The van der Waals surface area contributed by atoms with Gasteiger partial charge < -0.3 is 20.3 Å². The average Bonchev–Trinajstić information content (AvgIpc) is 2.77. The van der Waals surface area contributed by atoms with Gasteiger partial charge in [-0.15, -0.1) is 0 Å². The van der Waals surface area contributed by atoms with Gasteiger partial charge in [-0.05, 0) is 68.6 Å². The normalized spacial score (nSPS) is 10.5. The van der Waals surface area contributed by atoms with Crippen molar-refractivity contribution < 1.29 is 14.3 Å². The second-order valence-electron chi connectivity index (χ2n) is 6.70. The van der Waals surface area contributed by atoms with E-state index in [1.54, 1.807) is 48.5 Å². The first-order valence-corrected chi connectivity index (χ1v) is 10.8. The lowest BCUT2D eigenvalue weighted by Gasteiger charge is -2.18. The largest absolute Gasteiger partial charge is 0.493 e. The number of carbonyl (C=O) groups is 2. The van der Waals surface area contributed by atoms with Crippen LogP contribution in [0, 0.1) is 0 Å². The van der Waals surface area contributed by atoms with E-state index in [9.17, 15) is 9.59 Å². The maximum absolute atomic E-state index is 12.5. The monoisotopic (exact) mass is 442 g/mol. The molecule has 2 rings (SSSR count). The van der Waals surface area contributed by atoms with E-state index < -0.39 is 0 Å². The molecule has 0 saturated carbocycles. The number of nitrogens with zero attached hydrogens (tertiary/aromatic N) is 1. The molecule has 2 amide bonds. The SMILES string of the molecule is CCOc1ccccc1C(=O)NC(=S)Nc1ccc(C(=O)NCCN(CC)CC)cc1. The average molecular weight is 443 g/mol. The molecule has 2 aromatic rings. The van der Waals surface area contributed by atoms with Crippen LogP contribution in [0.15, 0.2) is 48.5 Å². The molecule has 0 bridgehead atoms. The molecule has 7 nitrogen and oxygen atoms in total. The first kappa shape index (κ1) is 24.3. The van der Waals surface area contributed by atoms with E-state index in [0.717, 1.165) is 19.6 Å². The van der Waals surface area contributed by atoms with Crippen molar-refractivity contribution in [2.24, 2.45) is 0 Å². The number of amides is 2. The summed E-state index contributed by atoms with van der Waals surface area (Å²) in [7, 11) is 0. The van der Waals surface area contributed by atoms with Crippen LogP contribution in [0.2, 0.25) is 0 Å². The zero-order valence-electron chi connectivity index (χ0n) is 18.2. The van der Waals surface area contributed by atoms with Gasteiger partial charge in [0.1, 0.15) is 5.75 Å². The fourth-order valence-corrected chi connectivity index (χ4v) is 3.15. The second-order valence-corrected chi connectivity index (χ2v) is 7.11. The Hall–Kier alpha value is -2.97. The molecule has 0 aliphatic carbocycles. The van der Waals surface area contributed by atoms with Crippen LogP contribution >= 0.6 is 12.2 Å². The fraction of sp³-hybridized carbons (Fsp3) is 0.348. The maximum Gasteiger partial charge on any atom is 0.261 e. The smallest absolute Gasteiger partial charge is 0.261 e. The highest BCUT2D eigenvalue weighted by molar-refractivity contribution is 7.80. The van der Waals surface area contributed by atoms with Gasteiger partial charge in [0.25, 0.3) is 11.8 Å². The van der Waals surface area contributed by atoms with E-state index in [4.69, 9.17) is 17.0 Å². The Labute approximate surface area is 189 Å². The quantitative estimate of drug-likeness (QED) is 0.490. The number of hydrogen-bond acceptors (Lipinski definition) is 5. The fourth-order valence-electron chi connectivity index (χ4n) is 2.94. The molecule has 0 spiro atoms. The van der Waals surface area contributed by atoms with Gasteiger partial charge in [0, 0.05) is 24.3 Å². The zero-order chi connectivity index (χ0) is 22.6. The van der Waals surface area contributed by atoms with Crippen LogP contribution in [0.1, 0.15) is 41.5 Å². The Balaban J connectivity index is 1.87. The van der Waals surface area contributed by atoms with Gasteiger partial charge in [-0.1, -0.05) is 26.0 Å². The molecular formula is C23H30N4O3S. The first-order chi connectivity index (χ1) is 15.0. The number of anilines is 1. The minimum Gasteiger partial charge on any atom is -0.493 e. The van der Waals surface area contributed by atoms with Crippen LogP contribution in [0.25, 0.3) is 0 Å². The Bertz CT molecular complexity index is 883. The summed E-state index contributed by atoms with van der Waals surface area (Å²) in [4.78, 5) is 27.0. The summed E-state index contributed by atoms with van der Waals surface area (Å²) in [6.45, 7) is 9.85. The predicted molar refractivity (Wildman–Crippen MR) is 128 cm³/mol. The number of rotatable bonds is 10. The summed E-state index contributed by atoms with van der Waals surface area (Å²) in [5, 5.41) is 8.68. The maximum atomic E-state index is 12.5. The summed E-state index contributed by atoms with van der Waals surface area (Å²) >= 11 is 5.24. The van der Waals surface area contributed by atoms with Crippen LogP contribution in [-0.2, 0) is 0 Å². The molecule has 3 N–H and O–H groups in total. The van der Waals surface area contributed by atoms with Crippen molar-refractivity contribution in [2.45, 2.75) is 20.8 Å². The van der Waals surface area contributed by atoms with Crippen LogP contribution in [0.3, 0.4) is 0 Å². The topological polar surface area (TPSA) is 82.7 Å². The van der Waals surface area contributed by atoms with Crippen molar-refractivity contribution in [3.05, 3.63) is 59.7 Å². The van der Waals surface area contributed by atoms with Gasteiger partial charge in [0.2, 0.25) is 0 Å². The predicted octanol–water partition coefficient (Wildman–Crippen LogP) is 3.28. The summed E-state index contributed by atoms with van der Waals surface area (Å²) in [6.07, 6.45) is 0. The van der Waals surface area contributed by atoms with Crippen LogP contribution < -0.4 is 20.7 Å². The van der Waals surface area contributed by atoms with Crippen molar-refractivity contribution in [2.75, 3.05) is 38.1 Å². The molecule has 0 aliphatic heterocycles. The van der Waals surface area contributed by atoms with Crippen molar-refractivity contribution in [3.8, 4) is 5.75 Å². The van der Waals surface area contributed by atoms with Crippen LogP contribution in [-0.4, -0.2) is 54.6 Å². The minimum absolute atomic E-state index is 0.123. The van der Waals surface area contributed by atoms with Crippen molar-refractivity contribution in [3.63, 3.8) is 0 Å². The van der Waals surface area contributed by atoms with Gasteiger partial charge in [0.05, 0.1) is 12.2 Å². The highest BCUT2D eigenvalue weighted by Crippen LogP contribution is 2.18. The molecule has 0 aliphatic rings. The third kappa shape index (κ3) is 7.66. The number of para-hydroxylation sites is 1. The molecule has 31 heavy (non-hydrogen) atoms. The van der Waals surface area contributed by atoms with Gasteiger partial charge in [-0.25, -0.2) is 0 Å². The third-order valence-electron chi connectivity index (χ3n) is 4.67. The van der Waals surface area contributed by atoms with E-state index in [2.05, 4.69) is 34.7 Å². The first-order valence-electron chi connectivity index (χ1n) is 10.4. The molecular weight excluding hydrogens is 412 g/mol. The summed E-state index contributed by atoms with van der Waals surface area (Å²) < 4.78 is 5.48. The van der Waals surface area contributed by atoms with E-state index >= 15 is 0 Å². The number of hydrogen-bond donors (Lipinski definition) is 3. The highest BCUT2D eigenvalue weighted by Gasteiger charge is 2.13. The standard InChI is InChI=1S/C23H30N4O3S/c1-4-27(5-2)16-15-24-21(28)17-11-13-18(14-12-17)25-23(31)26-22(29)19-9-7-8-10-20(19)30-6-3/h7-14H,4-6,15-16H2,1-3H3,(H,24,28)(H2,25,26,29,31). The van der Waals surface area contributed by atoms with E-state index in [1.165, 1.54) is 0 Å². The lowest BCUT2D eigenvalue weighted by Crippen LogP contribution is -2.35. The number of carbonyl (C=O) groups excluding carboxylic acids is 2. The van der Waals surface area contributed by atoms with Crippen molar-refractivity contribution >= 4 is 34.8 Å². The molecule has 0 atom stereocenters. The number of nitrogens with one attached hydrogen (secondary N) is 3. The van der Waals surface area contributed by atoms with E-state index in [-0.39, 0.29) is 16.9 Å². The third-order valence-corrected chi connectivity index (χ3v) is 4.88. The Morgan fingerprint density at radius 1 is 0.968 bits per heavy atom. The zero-order valence-corrected chi connectivity index (χ0v) is 19.1. The molecule has 2 aromatic carbocycles. The van der Waals surface area contributed by atoms with Gasteiger partial charge >= 0.3 is 0 Å². The second kappa shape index (κ2) is 12.7. The number of benzene rings is 2. The highest BCUT2D eigenvalue weighted by atomic mass is 32.1. The molecule has 0 saturated heterocycles. The van der Waals surface area contributed by atoms with E-state index in [0.29, 0.717) is 35.7 Å². The molecule has 0 aromatic heterocycles. The molecule has 0 heterocycles. The number of likely N-dealkylation sites (N-methyl/N-ethyl adjacent to an activating group) is 1. The molecule has 0 radical (unpaired) electrons. The van der Waals surface area contributed by atoms with Gasteiger partial charge in [-0.2, -0.15) is 0 Å². The summed E-state index contributed by atoms with van der Waals surface area (Å²) in [5.41, 5.74) is 1.64. The lowest BCUT2D eigenvalue weighted by atomic mass is 10.2. The summed E-state index contributed by atoms with van der Waals surface area (Å²) in [5.74, 6) is 0.0227. The van der Waals surface area contributed by atoms with Gasteiger partial charge in [-0.3, -0.25) is 14.9 Å². The molecule has 166 valence electrons. The van der Waals surface area contributed by atoms with Crippen molar-refractivity contribution in [1.29, 1.82) is 0 Å². The number of thiocarbonyl (C=S) groups is 1. The van der Waals surface area contributed by atoms with E-state index in [1.807, 2.05) is 6.92 Å². The van der Waals surface area contributed by atoms with Crippen LogP contribution in [0.5, 0.6) is 5.75 Å². The molecule has 0 fully saturated rings. The van der Waals surface area contributed by atoms with Crippen LogP contribution in [0.4, 0.5) is 5.69 Å². The van der Waals surface area contributed by atoms with Gasteiger partial charge in [0.15, 0.2) is 5.11 Å². The lowest BCUT2D eigenvalue weighted by molar-refractivity contribution is 0.0946. The molecule has 8 heteroatoms. The minimum atomic E-state index is -0.356. The Morgan fingerprint density at radius 2 is 1.65 bits per heavy atom. The Kier molecular flexibility index (Phi) is 9.93.